The van der Waals surface area contributed by atoms with E-state index in [2.05, 4.69) is 94.3 Å². The number of thioether (sulfide) groups is 1. The van der Waals surface area contributed by atoms with Gasteiger partial charge in [-0.25, -0.2) is 0 Å². The molecule has 2 saturated carbocycles. The van der Waals surface area contributed by atoms with Gasteiger partial charge in [-0.3, -0.25) is 0 Å². The molecular weight excluding hydrogens is 310 g/mol. The van der Waals surface area contributed by atoms with Crippen molar-refractivity contribution in [3.05, 3.63) is 93.0 Å². The van der Waals surface area contributed by atoms with Crippen molar-refractivity contribution in [3.8, 4) is 0 Å². The largest absolute Gasteiger partial charge is 0.306 e. The van der Waals surface area contributed by atoms with Crippen molar-refractivity contribution >= 4 is 11.8 Å². The first-order valence-corrected chi connectivity index (χ1v) is 9.52. The minimum absolute atomic E-state index is 0.473. The zero-order valence-electron chi connectivity index (χ0n) is 14.5. The van der Waals surface area contributed by atoms with Crippen LogP contribution >= 0.6 is 11.8 Å². The van der Waals surface area contributed by atoms with Crippen LogP contribution in [0.2, 0.25) is 0 Å². The van der Waals surface area contributed by atoms with Crippen molar-refractivity contribution < 1.29 is 0 Å². The Labute approximate surface area is 153 Å². The monoisotopic (exact) mass is 335 g/mol. The molecule has 0 spiro atoms. The average molecular weight is 336 g/mol. The predicted molar refractivity (Wildman–Crippen MR) is 104 cm³/mol. The van der Waals surface area contributed by atoms with Gasteiger partial charge in [-0.1, -0.05) is 18.2 Å². The van der Waals surface area contributed by atoms with Crippen LogP contribution in [0.25, 0.3) is 0 Å². The Bertz CT molecular complexity index is 466. The molecule has 1 aromatic rings. The number of rotatable bonds is 8. The highest BCUT2D eigenvalue weighted by Gasteiger charge is 2.36. The fourth-order valence-corrected chi connectivity index (χ4v) is 4.12. The molecule has 0 aliphatic heterocycles. The summed E-state index contributed by atoms with van der Waals surface area (Å²) in [6, 6.07) is 11.1. The second-order valence-electron chi connectivity index (χ2n) is 6.42. The smallest absolute Gasteiger partial charge is 0.0161 e. The van der Waals surface area contributed by atoms with Crippen molar-refractivity contribution in [3.63, 3.8) is 0 Å². The lowest BCUT2D eigenvalue weighted by Gasteiger charge is -2.33. The molecule has 2 aliphatic rings. The molecule has 0 heterocycles. The van der Waals surface area contributed by atoms with Crippen LogP contribution in [-0.4, -0.2) is 30.8 Å². The summed E-state index contributed by atoms with van der Waals surface area (Å²) < 4.78 is 0. The van der Waals surface area contributed by atoms with Crippen LogP contribution < -0.4 is 0 Å². The minimum atomic E-state index is 0.473. The van der Waals surface area contributed by atoms with Crippen molar-refractivity contribution in [2.75, 3.05) is 19.8 Å². The van der Waals surface area contributed by atoms with Crippen molar-refractivity contribution in [2.24, 2.45) is 0 Å². The number of hydrogen-bond donors (Lipinski definition) is 0. The first-order chi connectivity index (χ1) is 11.7. The molecule has 124 valence electrons. The molecule has 1 aromatic carbocycles. The standard InChI is InChI=1S/C22H25NS/c1-23(2)22(16-15-18-9-6-7-10-18)21-14-8-11-19(21)17-24-20-12-4-3-5-13-20/h3-14,22H,15-17H2,1-2H3/t22-/m1/s1. The van der Waals surface area contributed by atoms with E-state index in [-0.39, 0.29) is 0 Å². The summed E-state index contributed by atoms with van der Waals surface area (Å²) in [5.74, 6) is 5.42. The number of benzene rings is 1. The summed E-state index contributed by atoms with van der Waals surface area (Å²) in [7, 11) is 4.38. The molecule has 0 bridgehead atoms. The van der Waals surface area contributed by atoms with Crippen LogP contribution in [0.5, 0.6) is 0 Å². The molecule has 0 unspecified atom stereocenters. The highest BCUT2D eigenvalue weighted by Crippen LogP contribution is 2.42. The lowest BCUT2D eigenvalue weighted by molar-refractivity contribution is 0.293. The number of hydrogen-bond acceptors (Lipinski definition) is 2. The van der Waals surface area contributed by atoms with Gasteiger partial charge in [-0.15, -0.1) is 11.8 Å². The van der Waals surface area contributed by atoms with E-state index in [9.17, 15) is 0 Å². The second-order valence-corrected chi connectivity index (χ2v) is 7.47. The van der Waals surface area contributed by atoms with Gasteiger partial charge in [0.2, 0.25) is 0 Å². The third kappa shape index (κ3) is 5.02. The Hall–Kier alpha value is -0.470. The van der Waals surface area contributed by atoms with Crippen molar-refractivity contribution in [1.82, 2.24) is 4.90 Å². The Morgan fingerprint density at radius 2 is 1.67 bits per heavy atom. The van der Waals surface area contributed by atoms with E-state index in [1.165, 1.54) is 22.6 Å². The highest BCUT2D eigenvalue weighted by molar-refractivity contribution is 7.99. The Kier molecular flexibility index (Phi) is 7.09. The first kappa shape index (κ1) is 18.3. The molecule has 0 aromatic heterocycles. The van der Waals surface area contributed by atoms with Gasteiger partial charge in [0.1, 0.15) is 0 Å². The van der Waals surface area contributed by atoms with E-state index in [0.29, 0.717) is 6.04 Å². The summed E-state index contributed by atoms with van der Waals surface area (Å²) in [6.07, 6.45) is 17.8. The lowest BCUT2D eigenvalue weighted by atomic mass is 9.85. The fourth-order valence-electron chi connectivity index (χ4n) is 3.18. The third-order valence-corrected chi connectivity index (χ3v) is 5.56. The fraction of sp³-hybridized carbons (Fsp3) is 0.273. The van der Waals surface area contributed by atoms with Crippen LogP contribution in [0, 0.1) is 62.7 Å². The molecule has 0 amide bonds. The van der Waals surface area contributed by atoms with E-state index < -0.39 is 0 Å². The van der Waals surface area contributed by atoms with Crippen molar-refractivity contribution in [1.29, 1.82) is 0 Å². The summed E-state index contributed by atoms with van der Waals surface area (Å²) in [5, 5.41) is 0. The maximum Gasteiger partial charge on any atom is 0.0161 e. The Morgan fingerprint density at radius 1 is 0.917 bits per heavy atom. The summed E-state index contributed by atoms with van der Waals surface area (Å²) >= 11 is 1.92. The summed E-state index contributed by atoms with van der Waals surface area (Å²) in [6.45, 7) is 0. The minimum Gasteiger partial charge on any atom is -0.306 e. The van der Waals surface area contributed by atoms with E-state index in [1.807, 2.05) is 11.8 Å². The van der Waals surface area contributed by atoms with E-state index in [0.717, 1.165) is 18.6 Å². The van der Waals surface area contributed by atoms with Gasteiger partial charge in [0, 0.05) is 22.6 Å². The maximum absolute atomic E-state index is 2.36. The van der Waals surface area contributed by atoms with Crippen LogP contribution in [0.4, 0.5) is 0 Å². The van der Waals surface area contributed by atoms with Crippen LogP contribution in [0.1, 0.15) is 12.8 Å². The molecule has 0 saturated heterocycles. The third-order valence-electron chi connectivity index (χ3n) is 4.50. The Morgan fingerprint density at radius 3 is 2.38 bits per heavy atom. The van der Waals surface area contributed by atoms with Gasteiger partial charge in [-0.2, -0.15) is 0 Å². The molecular formula is C22H25NS. The summed E-state index contributed by atoms with van der Waals surface area (Å²) in [4.78, 5) is 3.69. The molecule has 10 radical (unpaired) electrons. The molecule has 0 N–H and O–H groups in total. The van der Waals surface area contributed by atoms with Gasteiger partial charge >= 0.3 is 0 Å². The molecule has 24 heavy (non-hydrogen) atoms. The van der Waals surface area contributed by atoms with Crippen LogP contribution in [-0.2, 0) is 0 Å². The van der Waals surface area contributed by atoms with E-state index in [1.54, 1.807) is 0 Å². The van der Waals surface area contributed by atoms with Gasteiger partial charge < -0.3 is 4.90 Å². The zero-order chi connectivity index (χ0) is 16.8. The highest BCUT2D eigenvalue weighted by atomic mass is 32.2. The summed E-state index contributed by atoms with van der Waals surface area (Å²) in [5.41, 5.74) is 0. The molecule has 1 atom stereocenters. The molecule has 2 fully saturated rings. The van der Waals surface area contributed by atoms with Crippen molar-refractivity contribution in [2.45, 2.75) is 23.8 Å². The van der Waals surface area contributed by atoms with Gasteiger partial charge in [0.05, 0.1) is 0 Å². The van der Waals surface area contributed by atoms with Crippen LogP contribution in [0.3, 0.4) is 0 Å². The van der Waals surface area contributed by atoms with Gasteiger partial charge in [0.25, 0.3) is 0 Å². The topological polar surface area (TPSA) is 3.24 Å². The van der Waals surface area contributed by atoms with E-state index in [4.69, 9.17) is 0 Å². The average Bonchev–Trinajstić information content (AvgIpc) is 3.26. The molecule has 2 heteroatoms. The maximum atomic E-state index is 2.36. The Balaban J connectivity index is 1.54. The quantitative estimate of drug-likeness (QED) is 0.635. The molecule has 2 aliphatic carbocycles. The normalized spacial score (nSPS) is 21.8. The van der Waals surface area contributed by atoms with Gasteiger partial charge in [-0.05, 0) is 95.9 Å². The zero-order valence-corrected chi connectivity index (χ0v) is 15.3. The van der Waals surface area contributed by atoms with Gasteiger partial charge in [0.15, 0.2) is 0 Å². The van der Waals surface area contributed by atoms with Crippen LogP contribution in [0.15, 0.2) is 35.2 Å². The number of nitrogens with zero attached hydrogens (tertiary/aromatic N) is 1. The van der Waals surface area contributed by atoms with E-state index >= 15 is 0 Å². The second kappa shape index (κ2) is 9.29. The SMILES string of the molecule is CN(C)[C@H](CC[C]1[CH][CH][CH][CH]1)[C]1[CH][CH][CH][C]1CSc1ccccc1. The lowest BCUT2D eigenvalue weighted by Crippen LogP contribution is -2.36. The molecule has 1 nitrogen and oxygen atoms in total. The molecule has 3 rings (SSSR count). The first-order valence-electron chi connectivity index (χ1n) is 8.53. The predicted octanol–water partition coefficient (Wildman–Crippen LogP) is 4.67.